The highest BCUT2D eigenvalue weighted by Crippen LogP contribution is 2.48. The standard InChI is InChI=1S/C18H21BrFNO4/c1-21-13-6-11(7-14(21)16-15(13)25-16)24-17(23)18(20,9-22)8-10-4-2-3-5-12(10)19/h2-5,11,13-16,22H,6-9H2,1H3/t11?,13-,14+,15-,16+,18?. The number of aliphatic hydroxyl groups is 1. The maximum absolute atomic E-state index is 15.1. The van der Waals surface area contributed by atoms with E-state index in [4.69, 9.17) is 9.47 Å². The van der Waals surface area contributed by atoms with Crippen LogP contribution in [0.15, 0.2) is 28.7 Å². The molecule has 0 aliphatic carbocycles. The number of halogens is 2. The third-order valence-corrected chi connectivity index (χ3v) is 6.47. The van der Waals surface area contributed by atoms with Gasteiger partial charge in [-0.3, -0.25) is 4.90 Å². The summed E-state index contributed by atoms with van der Waals surface area (Å²) >= 11 is 3.35. The first-order chi connectivity index (χ1) is 11.9. The van der Waals surface area contributed by atoms with Crippen LogP contribution in [0.25, 0.3) is 0 Å². The van der Waals surface area contributed by atoms with Crippen LogP contribution >= 0.6 is 15.9 Å². The van der Waals surface area contributed by atoms with Gasteiger partial charge in [-0.25, -0.2) is 9.18 Å². The molecule has 6 atom stereocenters. The molecule has 25 heavy (non-hydrogen) atoms. The van der Waals surface area contributed by atoms with E-state index in [1.807, 2.05) is 6.07 Å². The zero-order valence-corrected chi connectivity index (χ0v) is 15.5. The minimum absolute atomic E-state index is 0.225. The first-order valence-electron chi connectivity index (χ1n) is 8.54. The summed E-state index contributed by atoms with van der Waals surface area (Å²) in [5.74, 6) is -0.978. The van der Waals surface area contributed by atoms with Crippen LogP contribution in [0, 0.1) is 0 Å². The second-order valence-electron chi connectivity index (χ2n) is 7.26. The first kappa shape index (κ1) is 17.4. The number of fused-ring (bicyclic) bond motifs is 5. The molecule has 0 spiro atoms. The lowest BCUT2D eigenvalue weighted by atomic mass is 9.96. The molecule has 0 aromatic heterocycles. The summed E-state index contributed by atoms with van der Waals surface area (Å²) in [4.78, 5) is 14.7. The molecule has 0 radical (unpaired) electrons. The number of aliphatic hydroxyl groups excluding tert-OH is 1. The highest BCUT2D eigenvalue weighted by molar-refractivity contribution is 9.10. The van der Waals surface area contributed by atoms with Gasteiger partial charge >= 0.3 is 5.97 Å². The Morgan fingerprint density at radius 3 is 2.64 bits per heavy atom. The Balaban J connectivity index is 1.43. The Morgan fingerprint density at radius 2 is 2.04 bits per heavy atom. The van der Waals surface area contributed by atoms with Gasteiger partial charge in [0.25, 0.3) is 0 Å². The molecular weight excluding hydrogens is 393 g/mol. The number of ether oxygens (including phenoxy) is 2. The average molecular weight is 414 g/mol. The van der Waals surface area contributed by atoms with Crippen LogP contribution in [0.5, 0.6) is 0 Å². The summed E-state index contributed by atoms with van der Waals surface area (Å²) in [7, 11) is 2.06. The second-order valence-corrected chi connectivity index (χ2v) is 8.11. The van der Waals surface area contributed by atoms with Gasteiger partial charge in [0, 0.05) is 35.8 Å². The van der Waals surface area contributed by atoms with Gasteiger partial charge in [-0.1, -0.05) is 34.1 Å². The van der Waals surface area contributed by atoms with Crippen LogP contribution in [0.4, 0.5) is 4.39 Å². The Kier molecular flexibility index (Phi) is 4.38. The number of hydrogen-bond donors (Lipinski definition) is 1. The van der Waals surface area contributed by atoms with Crippen molar-refractivity contribution >= 4 is 21.9 Å². The van der Waals surface area contributed by atoms with Crippen LogP contribution in [-0.2, 0) is 20.7 Å². The van der Waals surface area contributed by atoms with Gasteiger partial charge in [-0.05, 0) is 18.7 Å². The normalized spacial score (nSPS) is 35.8. The van der Waals surface area contributed by atoms with E-state index < -0.39 is 18.2 Å². The van der Waals surface area contributed by atoms with Crippen LogP contribution in [0.2, 0.25) is 0 Å². The lowest BCUT2D eigenvalue weighted by Gasteiger charge is -2.38. The number of nitrogens with zero attached hydrogens (tertiary/aromatic N) is 1. The zero-order valence-electron chi connectivity index (χ0n) is 13.9. The molecule has 3 saturated heterocycles. The number of likely N-dealkylation sites (N-methyl/N-ethyl adjacent to an activating group) is 1. The van der Waals surface area contributed by atoms with Gasteiger partial charge in [-0.2, -0.15) is 0 Å². The van der Waals surface area contributed by atoms with E-state index in [1.165, 1.54) is 0 Å². The van der Waals surface area contributed by atoms with Crippen LogP contribution in [0.3, 0.4) is 0 Å². The maximum Gasteiger partial charge on any atom is 0.346 e. The zero-order chi connectivity index (χ0) is 17.8. The molecule has 5 nitrogen and oxygen atoms in total. The Labute approximate surface area is 154 Å². The molecule has 4 rings (SSSR count). The van der Waals surface area contributed by atoms with Crippen molar-refractivity contribution in [1.82, 2.24) is 4.90 Å². The molecule has 3 aliphatic heterocycles. The summed E-state index contributed by atoms with van der Waals surface area (Å²) in [6.07, 6.45) is 1.21. The molecule has 1 aromatic rings. The van der Waals surface area contributed by atoms with Gasteiger partial charge in [0.15, 0.2) is 0 Å². The summed E-state index contributed by atoms with van der Waals surface area (Å²) < 4.78 is 26.9. The van der Waals surface area contributed by atoms with Crippen LogP contribution in [-0.4, -0.2) is 65.7 Å². The van der Waals surface area contributed by atoms with Gasteiger partial charge in [0.2, 0.25) is 5.67 Å². The lowest BCUT2D eigenvalue weighted by Crippen LogP contribution is -2.50. The van der Waals surface area contributed by atoms with Crippen molar-refractivity contribution in [3.05, 3.63) is 34.3 Å². The van der Waals surface area contributed by atoms with Crippen molar-refractivity contribution in [2.45, 2.75) is 55.3 Å². The molecule has 3 heterocycles. The monoisotopic (exact) mass is 413 g/mol. The van der Waals surface area contributed by atoms with Crippen molar-refractivity contribution in [2.24, 2.45) is 0 Å². The number of morpholine rings is 1. The molecule has 0 saturated carbocycles. The molecule has 3 aliphatic rings. The van der Waals surface area contributed by atoms with Crippen LogP contribution in [0.1, 0.15) is 18.4 Å². The second kappa shape index (κ2) is 6.30. The third kappa shape index (κ3) is 3.01. The van der Waals surface area contributed by atoms with E-state index in [2.05, 4.69) is 27.9 Å². The number of epoxide rings is 1. The minimum Gasteiger partial charge on any atom is -0.460 e. The Morgan fingerprint density at radius 1 is 1.40 bits per heavy atom. The number of hydrogen-bond acceptors (Lipinski definition) is 5. The average Bonchev–Trinajstić information content (AvgIpc) is 3.35. The lowest BCUT2D eigenvalue weighted by molar-refractivity contribution is -0.170. The number of carbonyl (C=O) groups is 1. The van der Waals surface area contributed by atoms with E-state index in [-0.39, 0.29) is 36.8 Å². The molecule has 136 valence electrons. The fourth-order valence-corrected chi connectivity index (χ4v) is 4.61. The smallest absolute Gasteiger partial charge is 0.346 e. The summed E-state index contributed by atoms with van der Waals surface area (Å²) in [6.45, 7) is -0.902. The van der Waals surface area contributed by atoms with E-state index >= 15 is 4.39 Å². The van der Waals surface area contributed by atoms with E-state index in [0.29, 0.717) is 22.9 Å². The number of esters is 1. The third-order valence-electron chi connectivity index (χ3n) is 5.69. The van der Waals surface area contributed by atoms with Gasteiger partial charge < -0.3 is 14.6 Å². The summed E-state index contributed by atoms with van der Waals surface area (Å²) in [5, 5.41) is 9.53. The number of alkyl halides is 1. The summed E-state index contributed by atoms with van der Waals surface area (Å²) in [5.41, 5.74) is -1.82. The number of benzene rings is 1. The maximum atomic E-state index is 15.1. The molecule has 1 aromatic carbocycles. The van der Waals surface area contributed by atoms with Crippen molar-refractivity contribution in [1.29, 1.82) is 0 Å². The SMILES string of the molecule is CN1[C@@H]2CC(OC(=O)C(F)(CO)Cc3ccccc3Br)C[C@H]1[C@@H]1O[C@@H]12. The van der Waals surface area contributed by atoms with Crippen molar-refractivity contribution in [2.75, 3.05) is 13.7 Å². The molecule has 1 N–H and O–H groups in total. The molecule has 3 fully saturated rings. The Hall–Kier alpha value is -1.02. The van der Waals surface area contributed by atoms with Crippen molar-refractivity contribution < 1.29 is 23.8 Å². The molecule has 7 heteroatoms. The molecule has 2 unspecified atom stereocenters. The highest BCUT2D eigenvalue weighted by atomic mass is 79.9. The Bertz CT molecular complexity index is 671. The van der Waals surface area contributed by atoms with Crippen molar-refractivity contribution in [3.63, 3.8) is 0 Å². The van der Waals surface area contributed by atoms with E-state index in [9.17, 15) is 9.90 Å². The number of carbonyl (C=O) groups excluding carboxylic acids is 1. The van der Waals surface area contributed by atoms with E-state index in [0.717, 1.165) is 0 Å². The highest BCUT2D eigenvalue weighted by Gasteiger charge is 2.63. The fourth-order valence-electron chi connectivity index (χ4n) is 4.19. The molecule has 2 bridgehead atoms. The molecule has 0 amide bonds. The quantitative estimate of drug-likeness (QED) is 0.589. The fraction of sp³-hybridized carbons (Fsp3) is 0.611. The summed E-state index contributed by atoms with van der Waals surface area (Å²) in [6, 6.07) is 7.54. The first-order valence-corrected chi connectivity index (χ1v) is 9.34. The number of piperidine rings is 1. The predicted octanol–water partition coefficient (Wildman–Crippen LogP) is 1.85. The van der Waals surface area contributed by atoms with Crippen LogP contribution < -0.4 is 0 Å². The number of rotatable bonds is 5. The predicted molar refractivity (Wildman–Crippen MR) is 91.9 cm³/mol. The minimum atomic E-state index is -2.44. The van der Waals surface area contributed by atoms with Crippen molar-refractivity contribution in [3.8, 4) is 0 Å². The van der Waals surface area contributed by atoms with Gasteiger partial charge in [0.05, 0.1) is 6.61 Å². The largest absolute Gasteiger partial charge is 0.460 e. The molecular formula is C18H21BrFNO4. The topological polar surface area (TPSA) is 62.3 Å². The van der Waals surface area contributed by atoms with E-state index in [1.54, 1.807) is 18.2 Å². The van der Waals surface area contributed by atoms with Gasteiger partial charge in [-0.15, -0.1) is 0 Å². The van der Waals surface area contributed by atoms with Gasteiger partial charge in [0.1, 0.15) is 18.3 Å².